The van der Waals surface area contributed by atoms with E-state index in [2.05, 4.69) is 10.4 Å². The van der Waals surface area contributed by atoms with Gasteiger partial charge < -0.3 is 15.2 Å². The smallest absolute Gasteiger partial charge is 0.0960 e. The molecule has 2 unspecified atom stereocenters. The third kappa shape index (κ3) is 1.88. The van der Waals surface area contributed by atoms with Crippen LogP contribution in [0.25, 0.3) is 0 Å². The molecular formula is C12H19N3O2. The molecule has 94 valence electrons. The van der Waals surface area contributed by atoms with Gasteiger partial charge >= 0.3 is 0 Å². The first-order valence-electron chi connectivity index (χ1n) is 6.14. The molecule has 0 saturated carbocycles. The van der Waals surface area contributed by atoms with Gasteiger partial charge in [0.2, 0.25) is 0 Å². The molecule has 0 aromatic carbocycles. The molecule has 5 heteroatoms. The molecule has 17 heavy (non-hydrogen) atoms. The lowest BCUT2D eigenvalue weighted by molar-refractivity contribution is -0.0805. The summed E-state index contributed by atoms with van der Waals surface area (Å²) in [6.45, 7) is 3.35. The lowest BCUT2D eigenvalue weighted by atomic mass is 9.78. The molecular weight excluding hydrogens is 218 g/mol. The summed E-state index contributed by atoms with van der Waals surface area (Å²) in [4.78, 5) is 0. The number of nitrogens with zero attached hydrogens (tertiary/aromatic N) is 2. The molecule has 3 heterocycles. The first-order valence-corrected chi connectivity index (χ1v) is 6.14. The van der Waals surface area contributed by atoms with Gasteiger partial charge in [0.1, 0.15) is 0 Å². The molecule has 0 radical (unpaired) electrons. The third-order valence-electron chi connectivity index (χ3n) is 3.79. The molecule has 2 saturated heterocycles. The first-order chi connectivity index (χ1) is 8.07. The van der Waals surface area contributed by atoms with Crippen molar-refractivity contribution < 1.29 is 9.84 Å². The number of hydrogen-bond donors (Lipinski definition) is 2. The lowest BCUT2D eigenvalue weighted by Gasteiger charge is -2.44. The van der Waals surface area contributed by atoms with Crippen molar-refractivity contribution in [1.82, 2.24) is 15.1 Å². The van der Waals surface area contributed by atoms with E-state index >= 15 is 0 Å². The van der Waals surface area contributed by atoms with Crippen LogP contribution in [-0.4, -0.2) is 40.2 Å². The van der Waals surface area contributed by atoms with E-state index in [0.717, 1.165) is 11.3 Å². The SMILES string of the molecule is Cc1nn(C)cc1C1(O)CC2COCC(C1)N2. The highest BCUT2D eigenvalue weighted by molar-refractivity contribution is 5.25. The van der Waals surface area contributed by atoms with Gasteiger partial charge in [-0.2, -0.15) is 5.10 Å². The van der Waals surface area contributed by atoms with Crippen molar-refractivity contribution >= 4 is 0 Å². The van der Waals surface area contributed by atoms with Crippen molar-refractivity contribution in [2.75, 3.05) is 13.2 Å². The Hall–Kier alpha value is -0.910. The molecule has 3 rings (SSSR count). The monoisotopic (exact) mass is 237 g/mol. The summed E-state index contributed by atoms with van der Waals surface area (Å²) in [5.74, 6) is 0. The van der Waals surface area contributed by atoms with Gasteiger partial charge in [-0.25, -0.2) is 0 Å². The number of hydrogen-bond acceptors (Lipinski definition) is 4. The molecule has 2 N–H and O–H groups in total. The predicted octanol–water partition coefficient (Wildman–Crippen LogP) is 0.0669. The maximum Gasteiger partial charge on any atom is 0.0960 e. The summed E-state index contributed by atoms with van der Waals surface area (Å²) in [7, 11) is 1.89. The Morgan fingerprint density at radius 2 is 2.12 bits per heavy atom. The molecule has 2 atom stereocenters. The Morgan fingerprint density at radius 3 is 2.65 bits per heavy atom. The Kier molecular flexibility index (Phi) is 2.50. The summed E-state index contributed by atoms with van der Waals surface area (Å²) in [6.07, 6.45) is 3.35. The van der Waals surface area contributed by atoms with Crippen LogP contribution in [0.15, 0.2) is 6.20 Å². The van der Waals surface area contributed by atoms with Gasteiger partial charge in [0.25, 0.3) is 0 Å². The number of ether oxygens (including phenoxy) is 1. The van der Waals surface area contributed by atoms with Crippen LogP contribution in [0, 0.1) is 6.92 Å². The number of aromatic nitrogens is 2. The van der Waals surface area contributed by atoms with Crippen LogP contribution in [0.4, 0.5) is 0 Å². The summed E-state index contributed by atoms with van der Waals surface area (Å²) >= 11 is 0. The van der Waals surface area contributed by atoms with E-state index in [1.165, 1.54) is 0 Å². The average molecular weight is 237 g/mol. The highest BCUT2D eigenvalue weighted by Gasteiger charge is 2.43. The molecule has 2 fully saturated rings. The van der Waals surface area contributed by atoms with Crippen LogP contribution in [-0.2, 0) is 17.4 Å². The minimum Gasteiger partial charge on any atom is -0.385 e. The first kappa shape index (κ1) is 11.2. The summed E-state index contributed by atoms with van der Waals surface area (Å²) < 4.78 is 7.28. The number of aryl methyl sites for hydroxylation is 2. The Balaban J connectivity index is 1.93. The zero-order valence-electron chi connectivity index (χ0n) is 10.3. The van der Waals surface area contributed by atoms with Gasteiger partial charge in [0, 0.05) is 30.9 Å². The normalized spacial score (nSPS) is 37.1. The number of rotatable bonds is 1. The number of nitrogens with one attached hydrogen (secondary N) is 1. The second-order valence-electron chi connectivity index (χ2n) is 5.34. The van der Waals surface area contributed by atoms with E-state index in [0.29, 0.717) is 26.1 Å². The van der Waals surface area contributed by atoms with E-state index in [1.807, 2.05) is 20.2 Å². The molecule has 2 bridgehead atoms. The number of fused-ring (bicyclic) bond motifs is 2. The van der Waals surface area contributed by atoms with Crippen molar-refractivity contribution in [3.63, 3.8) is 0 Å². The molecule has 0 spiro atoms. The van der Waals surface area contributed by atoms with Crippen LogP contribution in [0.3, 0.4) is 0 Å². The van der Waals surface area contributed by atoms with Crippen molar-refractivity contribution in [2.24, 2.45) is 7.05 Å². The maximum atomic E-state index is 10.9. The topological polar surface area (TPSA) is 59.3 Å². The fourth-order valence-corrected chi connectivity index (χ4v) is 3.19. The average Bonchev–Trinajstić information content (AvgIpc) is 2.57. The van der Waals surface area contributed by atoms with Crippen LogP contribution in [0.2, 0.25) is 0 Å². The molecule has 2 aliphatic rings. The van der Waals surface area contributed by atoms with Gasteiger partial charge in [-0.15, -0.1) is 0 Å². The Bertz CT molecular complexity index is 417. The van der Waals surface area contributed by atoms with Crippen molar-refractivity contribution in [3.05, 3.63) is 17.5 Å². The Morgan fingerprint density at radius 1 is 1.47 bits per heavy atom. The zero-order valence-corrected chi connectivity index (χ0v) is 10.3. The van der Waals surface area contributed by atoms with Crippen molar-refractivity contribution in [1.29, 1.82) is 0 Å². The molecule has 0 amide bonds. The van der Waals surface area contributed by atoms with Crippen LogP contribution in [0.5, 0.6) is 0 Å². The third-order valence-corrected chi connectivity index (χ3v) is 3.79. The van der Waals surface area contributed by atoms with Gasteiger partial charge in [0.05, 0.1) is 24.5 Å². The van der Waals surface area contributed by atoms with Crippen molar-refractivity contribution in [3.8, 4) is 0 Å². The predicted molar refractivity (Wildman–Crippen MR) is 62.6 cm³/mol. The second kappa shape index (κ2) is 3.80. The summed E-state index contributed by atoms with van der Waals surface area (Å²) in [5.41, 5.74) is 1.15. The van der Waals surface area contributed by atoms with Gasteiger partial charge in [-0.1, -0.05) is 0 Å². The fourth-order valence-electron chi connectivity index (χ4n) is 3.19. The number of piperidine rings is 1. The van der Waals surface area contributed by atoms with Crippen molar-refractivity contribution in [2.45, 2.75) is 37.5 Å². The second-order valence-corrected chi connectivity index (χ2v) is 5.34. The zero-order chi connectivity index (χ0) is 12.0. The van der Waals surface area contributed by atoms with Crippen LogP contribution >= 0.6 is 0 Å². The largest absolute Gasteiger partial charge is 0.385 e. The standard InChI is InChI=1S/C12H19N3O2/c1-8-11(5-15(2)14-8)12(16)3-9-6-17-7-10(4-12)13-9/h5,9-10,13,16H,3-4,6-7H2,1-2H3. The molecule has 1 aromatic heterocycles. The summed E-state index contributed by atoms with van der Waals surface area (Å²) in [5, 5.41) is 18.7. The fraction of sp³-hybridized carbons (Fsp3) is 0.750. The van der Waals surface area contributed by atoms with Crippen LogP contribution in [0.1, 0.15) is 24.1 Å². The number of aliphatic hydroxyl groups is 1. The number of morpholine rings is 1. The van der Waals surface area contributed by atoms with Gasteiger partial charge in [0.15, 0.2) is 0 Å². The van der Waals surface area contributed by atoms with Gasteiger partial charge in [-0.3, -0.25) is 4.68 Å². The van der Waals surface area contributed by atoms with E-state index < -0.39 is 5.60 Å². The van der Waals surface area contributed by atoms with E-state index in [-0.39, 0.29) is 12.1 Å². The van der Waals surface area contributed by atoms with Crippen LogP contribution < -0.4 is 5.32 Å². The lowest BCUT2D eigenvalue weighted by Crippen LogP contribution is -2.58. The highest BCUT2D eigenvalue weighted by Crippen LogP contribution is 2.37. The molecule has 0 aliphatic carbocycles. The minimum absolute atomic E-state index is 0.257. The highest BCUT2D eigenvalue weighted by atomic mass is 16.5. The Labute approximate surface area is 101 Å². The van der Waals surface area contributed by atoms with Gasteiger partial charge in [-0.05, 0) is 19.8 Å². The van der Waals surface area contributed by atoms with E-state index in [4.69, 9.17) is 4.74 Å². The molecule has 5 nitrogen and oxygen atoms in total. The minimum atomic E-state index is -0.747. The quantitative estimate of drug-likeness (QED) is 0.725. The maximum absolute atomic E-state index is 10.9. The molecule has 2 aliphatic heterocycles. The van der Waals surface area contributed by atoms with E-state index in [1.54, 1.807) is 4.68 Å². The van der Waals surface area contributed by atoms with E-state index in [9.17, 15) is 5.11 Å². The summed E-state index contributed by atoms with van der Waals surface area (Å²) in [6, 6.07) is 0.513. The molecule has 1 aromatic rings.